The summed E-state index contributed by atoms with van der Waals surface area (Å²) in [7, 11) is 3.09. The number of rotatable bonds is 3. The molecule has 1 aliphatic rings. The molecule has 2 atom stereocenters. The van der Waals surface area contributed by atoms with Crippen molar-refractivity contribution in [2.45, 2.75) is 12.8 Å². The largest absolute Gasteiger partial charge is 0.465 e. The van der Waals surface area contributed by atoms with Crippen LogP contribution in [-0.2, 0) is 9.47 Å². The molecule has 0 bridgehead atoms. The summed E-state index contributed by atoms with van der Waals surface area (Å²) in [6.07, 6.45) is 2.33. The van der Waals surface area contributed by atoms with Crippen molar-refractivity contribution in [1.29, 1.82) is 0 Å². The average molecular weight is 282 g/mol. The Balaban J connectivity index is 1.93. The third kappa shape index (κ3) is 4.12. The molecule has 0 aliphatic heterocycles. The van der Waals surface area contributed by atoms with Crippen LogP contribution in [0.25, 0.3) is 0 Å². The number of methoxy groups -OCH3 is 2. The Morgan fingerprint density at radius 2 is 1.95 bits per heavy atom. The second kappa shape index (κ2) is 7.53. The Morgan fingerprint density at radius 3 is 2.52 bits per heavy atom. The van der Waals surface area contributed by atoms with Gasteiger partial charge in [-0.05, 0) is 54.9 Å². The first-order chi connectivity index (χ1) is 10.2. The van der Waals surface area contributed by atoms with E-state index in [0.717, 1.165) is 18.6 Å². The molecule has 3 heteroatoms. The van der Waals surface area contributed by atoms with Gasteiger partial charge in [-0.1, -0.05) is 11.8 Å². The quantitative estimate of drug-likeness (QED) is 0.631. The molecular weight excluding hydrogens is 264 g/mol. The standard InChI is InChI=1S/C18H18O3/c1-20-13-17-12-11-15(17)6-4-3-5-14-7-9-16(10-8-14)18(19)21-2/h7-10,15,17H,11-13H2,1-2H3/t15-,17+/m0/s1. The molecular formula is C18H18O3. The summed E-state index contributed by atoms with van der Waals surface area (Å²) in [5.74, 6) is 12.6. The van der Waals surface area contributed by atoms with E-state index in [0.29, 0.717) is 17.4 Å². The minimum Gasteiger partial charge on any atom is -0.465 e. The van der Waals surface area contributed by atoms with Gasteiger partial charge in [0.2, 0.25) is 0 Å². The summed E-state index contributed by atoms with van der Waals surface area (Å²) in [5.41, 5.74) is 1.35. The Morgan fingerprint density at radius 1 is 1.19 bits per heavy atom. The Labute approximate surface area is 125 Å². The summed E-state index contributed by atoms with van der Waals surface area (Å²) in [4.78, 5) is 11.3. The van der Waals surface area contributed by atoms with Crippen molar-refractivity contribution in [1.82, 2.24) is 0 Å². The van der Waals surface area contributed by atoms with E-state index in [2.05, 4.69) is 28.4 Å². The molecule has 108 valence electrons. The molecule has 0 heterocycles. The maximum atomic E-state index is 11.3. The van der Waals surface area contributed by atoms with Crippen LogP contribution in [0.2, 0.25) is 0 Å². The first-order valence-corrected chi connectivity index (χ1v) is 6.93. The lowest BCUT2D eigenvalue weighted by molar-refractivity contribution is 0.0600. The fourth-order valence-corrected chi connectivity index (χ4v) is 2.21. The highest BCUT2D eigenvalue weighted by Crippen LogP contribution is 2.33. The SMILES string of the molecule is COC[C@H]1CC[C@@H]1C#CC#Cc1ccc(C(=O)OC)cc1. The molecule has 0 aromatic heterocycles. The molecule has 1 saturated carbocycles. The van der Waals surface area contributed by atoms with E-state index in [9.17, 15) is 4.79 Å². The Hall–Kier alpha value is -2.23. The van der Waals surface area contributed by atoms with Gasteiger partial charge in [0.1, 0.15) is 0 Å². The fourth-order valence-electron chi connectivity index (χ4n) is 2.21. The van der Waals surface area contributed by atoms with Crippen LogP contribution in [0.5, 0.6) is 0 Å². The zero-order chi connectivity index (χ0) is 15.1. The maximum Gasteiger partial charge on any atom is 0.337 e. The highest BCUT2D eigenvalue weighted by atomic mass is 16.5. The van der Waals surface area contributed by atoms with Crippen LogP contribution in [0.3, 0.4) is 0 Å². The maximum absolute atomic E-state index is 11.3. The summed E-state index contributed by atoms with van der Waals surface area (Å²) in [5, 5.41) is 0. The van der Waals surface area contributed by atoms with E-state index in [1.807, 2.05) is 0 Å². The number of hydrogen-bond donors (Lipinski definition) is 0. The highest BCUT2D eigenvalue weighted by molar-refractivity contribution is 5.89. The van der Waals surface area contributed by atoms with Gasteiger partial charge in [-0.15, -0.1) is 0 Å². The van der Waals surface area contributed by atoms with Gasteiger partial charge in [-0.25, -0.2) is 4.79 Å². The fraction of sp³-hybridized carbons (Fsp3) is 0.389. The van der Waals surface area contributed by atoms with Crippen molar-refractivity contribution < 1.29 is 14.3 Å². The van der Waals surface area contributed by atoms with Crippen LogP contribution < -0.4 is 0 Å². The zero-order valence-electron chi connectivity index (χ0n) is 12.3. The van der Waals surface area contributed by atoms with E-state index < -0.39 is 0 Å². The number of ether oxygens (including phenoxy) is 2. The normalized spacial score (nSPS) is 19.3. The van der Waals surface area contributed by atoms with E-state index in [1.165, 1.54) is 13.5 Å². The van der Waals surface area contributed by atoms with Gasteiger partial charge in [0.25, 0.3) is 0 Å². The van der Waals surface area contributed by atoms with Crippen LogP contribution in [0.1, 0.15) is 28.8 Å². The molecule has 1 aromatic carbocycles. The molecule has 2 rings (SSSR count). The van der Waals surface area contributed by atoms with Gasteiger partial charge >= 0.3 is 5.97 Å². The van der Waals surface area contributed by atoms with Gasteiger partial charge in [0.05, 0.1) is 19.3 Å². The zero-order valence-corrected chi connectivity index (χ0v) is 12.3. The van der Waals surface area contributed by atoms with Crippen LogP contribution in [0.15, 0.2) is 24.3 Å². The van der Waals surface area contributed by atoms with E-state index >= 15 is 0 Å². The van der Waals surface area contributed by atoms with Crippen molar-refractivity contribution >= 4 is 5.97 Å². The number of carbonyl (C=O) groups is 1. The molecule has 1 fully saturated rings. The summed E-state index contributed by atoms with van der Waals surface area (Å²) in [6.45, 7) is 0.780. The van der Waals surface area contributed by atoms with Crippen molar-refractivity contribution in [3.05, 3.63) is 35.4 Å². The first-order valence-electron chi connectivity index (χ1n) is 6.93. The lowest BCUT2D eigenvalue weighted by Gasteiger charge is -2.31. The topological polar surface area (TPSA) is 35.5 Å². The smallest absolute Gasteiger partial charge is 0.337 e. The molecule has 1 aromatic rings. The van der Waals surface area contributed by atoms with Gasteiger partial charge in [0.15, 0.2) is 0 Å². The number of esters is 1. The summed E-state index contributed by atoms with van der Waals surface area (Å²) >= 11 is 0. The number of benzene rings is 1. The minimum absolute atomic E-state index is 0.344. The van der Waals surface area contributed by atoms with E-state index in [-0.39, 0.29) is 5.97 Å². The molecule has 0 saturated heterocycles. The molecule has 21 heavy (non-hydrogen) atoms. The van der Waals surface area contributed by atoms with Crippen molar-refractivity contribution in [2.24, 2.45) is 11.8 Å². The molecule has 0 amide bonds. The van der Waals surface area contributed by atoms with Crippen molar-refractivity contribution in [3.63, 3.8) is 0 Å². The lowest BCUT2D eigenvalue weighted by atomic mass is 9.74. The van der Waals surface area contributed by atoms with Gasteiger partial charge in [-0.2, -0.15) is 0 Å². The Kier molecular flexibility index (Phi) is 5.43. The molecule has 0 unspecified atom stereocenters. The summed E-state index contributed by atoms with van der Waals surface area (Å²) < 4.78 is 9.79. The van der Waals surface area contributed by atoms with E-state index in [4.69, 9.17) is 4.74 Å². The van der Waals surface area contributed by atoms with Gasteiger partial charge in [0, 0.05) is 18.6 Å². The average Bonchev–Trinajstić information content (AvgIpc) is 2.51. The molecule has 0 N–H and O–H groups in total. The number of carbonyl (C=O) groups excluding carboxylic acids is 1. The monoisotopic (exact) mass is 282 g/mol. The minimum atomic E-state index is -0.344. The third-order valence-electron chi connectivity index (χ3n) is 3.63. The molecule has 0 radical (unpaired) electrons. The van der Waals surface area contributed by atoms with Crippen LogP contribution >= 0.6 is 0 Å². The van der Waals surface area contributed by atoms with Gasteiger partial charge in [-0.3, -0.25) is 0 Å². The molecule has 3 nitrogen and oxygen atoms in total. The second-order valence-corrected chi connectivity index (χ2v) is 4.99. The third-order valence-corrected chi connectivity index (χ3v) is 3.63. The van der Waals surface area contributed by atoms with Gasteiger partial charge < -0.3 is 9.47 Å². The predicted octanol–water partition coefficient (Wildman–Crippen LogP) is 2.50. The van der Waals surface area contributed by atoms with Crippen LogP contribution in [-0.4, -0.2) is 26.8 Å². The lowest BCUT2D eigenvalue weighted by Crippen LogP contribution is -2.28. The van der Waals surface area contributed by atoms with Crippen molar-refractivity contribution in [2.75, 3.05) is 20.8 Å². The Bertz CT molecular complexity index is 608. The molecule has 1 aliphatic carbocycles. The second-order valence-electron chi connectivity index (χ2n) is 4.99. The first kappa shape index (κ1) is 15.2. The highest BCUT2D eigenvalue weighted by Gasteiger charge is 2.28. The van der Waals surface area contributed by atoms with Crippen molar-refractivity contribution in [3.8, 4) is 23.7 Å². The predicted molar refractivity (Wildman–Crippen MR) is 80.5 cm³/mol. The summed E-state index contributed by atoms with van der Waals surface area (Å²) in [6, 6.07) is 6.98. The molecule has 0 spiro atoms. The number of hydrogen-bond acceptors (Lipinski definition) is 3. The van der Waals surface area contributed by atoms with Crippen LogP contribution in [0.4, 0.5) is 0 Å². The van der Waals surface area contributed by atoms with E-state index in [1.54, 1.807) is 31.4 Å². The van der Waals surface area contributed by atoms with Crippen LogP contribution in [0, 0.1) is 35.5 Å².